The lowest BCUT2D eigenvalue weighted by molar-refractivity contribution is 0.0932. The predicted octanol–water partition coefficient (Wildman–Crippen LogP) is 3.73. The Morgan fingerprint density at radius 2 is 1.90 bits per heavy atom. The van der Waals surface area contributed by atoms with E-state index in [9.17, 15) is 13.2 Å². The van der Waals surface area contributed by atoms with Gasteiger partial charge in [-0.25, -0.2) is 8.42 Å². The Morgan fingerprint density at radius 3 is 2.68 bits per heavy atom. The summed E-state index contributed by atoms with van der Waals surface area (Å²) >= 11 is 1.15. The zero-order valence-corrected chi connectivity index (χ0v) is 18.9. The van der Waals surface area contributed by atoms with Gasteiger partial charge in [0, 0.05) is 36.9 Å². The van der Waals surface area contributed by atoms with Gasteiger partial charge >= 0.3 is 0 Å². The SMILES string of the molecule is CC(CNC(=O)c1cccc(NS(=O)(=O)c2cccs2)c1)N1CCc2ccccc2C1. The van der Waals surface area contributed by atoms with Crippen molar-refractivity contribution in [3.63, 3.8) is 0 Å². The normalized spacial score (nSPS) is 15.1. The van der Waals surface area contributed by atoms with Gasteiger partial charge in [0.05, 0.1) is 0 Å². The van der Waals surface area contributed by atoms with Crippen molar-refractivity contribution in [1.29, 1.82) is 0 Å². The van der Waals surface area contributed by atoms with Crippen LogP contribution in [0.3, 0.4) is 0 Å². The molecular formula is C23H25N3O3S2. The Labute approximate surface area is 187 Å². The average Bonchev–Trinajstić information content (AvgIpc) is 3.33. The Kier molecular flexibility index (Phi) is 6.41. The molecule has 1 amide bonds. The van der Waals surface area contributed by atoms with Crippen molar-refractivity contribution in [3.05, 3.63) is 82.7 Å². The summed E-state index contributed by atoms with van der Waals surface area (Å²) < 4.78 is 27.6. The van der Waals surface area contributed by atoms with E-state index in [1.54, 1.807) is 41.8 Å². The fraction of sp³-hybridized carbons (Fsp3) is 0.261. The van der Waals surface area contributed by atoms with Crippen LogP contribution in [0.5, 0.6) is 0 Å². The lowest BCUT2D eigenvalue weighted by Gasteiger charge is -2.33. The van der Waals surface area contributed by atoms with E-state index in [2.05, 4.69) is 46.1 Å². The second-order valence-corrected chi connectivity index (χ2v) is 10.5. The van der Waals surface area contributed by atoms with Gasteiger partial charge in [0.2, 0.25) is 0 Å². The number of sulfonamides is 1. The molecule has 2 heterocycles. The van der Waals surface area contributed by atoms with Gasteiger partial charge in [0.15, 0.2) is 0 Å². The minimum atomic E-state index is -3.65. The van der Waals surface area contributed by atoms with Crippen LogP contribution < -0.4 is 10.0 Å². The summed E-state index contributed by atoms with van der Waals surface area (Å²) in [5.41, 5.74) is 3.53. The fourth-order valence-electron chi connectivity index (χ4n) is 3.71. The number of benzene rings is 2. The van der Waals surface area contributed by atoms with Crippen LogP contribution >= 0.6 is 11.3 Å². The molecule has 1 aliphatic rings. The minimum Gasteiger partial charge on any atom is -0.350 e. The van der Waals surface area contributed by atoms with Crippen molar-refractivity contribution in [1.82, 2.24) is 10.2 Å². The van der Waals surface area contributed by atoms with Crippen LogP contribution in [0.15, 0.2) is 70.3 Å². The van der Waals surface area contributed by atoms with Crippen LogP contribution in [0.2, 0.25) is 0 Å². The molecule has 3 aromatic rings. The fourth-order valence-corrected chi connectivity index (χ4v) is 5.75. The molecule has 4 rings (SSSR count). The van der Waals surface area contributed by atoms with E-state index in [-0.39, 0.29) is 16.2 Å². The summed E-state index contributed by atoms with van der Waals surface area (Å²) in [5.74, 6) is -0.221. The van der Waals surface area contributed by atoms with Crippen LogP contribution in [-0.4, -0.2) is 38.4 Å². The number of thiophene rings is 1. The molecule has 0 saturated heterocycles. The van der Waals surface area contributed by atoms with Gasteiger partial charge in [-0.1, -0.05) is 36.4 Å². The molecule has 1 unspecified atom stereocenters. The molecule has 0 bridgehead atoms. The number of fused-ring (bicyclic) bond motifs is 1. The lowest BCUT2D eigenvalue weighted by atomic mass is 9.99. The van der Waals surface area contributed by atoms with Crippen molar-refractivity contribution in [3.8, 4) is 0 Å². The summed E-state index contributed by atoms with van der Waals surface area (Å²) in [4.78, 5) is 15.0. The number of nitrogens with one attached hydrogen (secondary N) is 2. The molecule has 0 saturated carbocycles. The first-order valence-corrected chi connectivity index (χ1v) is 12.5. The number of carbonyl (C=O) groups excluding carboxylic acids is 1. The first-order valence-electron chi connectivity index (χ1n) is 10.2. The number of hydrogen-bond acceptors (Lipinski definition) is 5. The van der Waals surface area contributed by atoms with Crippen LogP contribution in [0.25, 0.3) is 0 Å². The van der Waals surface area contributed by atoms with Gasteiger partial charge in [-0.05, 0) is 54.1 Å². The molecule has 6 nitrogen and oxygen atoms in total. The highest BCUT2D eigenvalue weighted by atomic mass is 32.2. The summed E-state index contributed by atoms with van der Waals surface area (Å²) in [6, 6.07) is 18.5. The molecule has 1 aromatic heterocycles. The molecule has 1 aliphatic heterocycles. The highest BCUT2D eigenvalue weighted by Crippen LogP contribution is 2.22. The standard InChI is InChI=1S/C23H25N3O3S2/c1-17(26-12-11-18-6-2-3-7-20(18)16-26)15-24-23(27)19-8-4-9-21(14-19)25-31(28,29)22-10-5-13-30-22/h2-10,13-14,17,25H,11-12,15-16H2,1H3,(H,24,27). The summed E-state index contributed by atoms with van der Waals surface area (Å²) in [7, 11) is -3.65. The third-order valence-corrected chi connectivity index (χ3v) is 8.26. The zero-order valence-electron chi connectivity index (χ0n) is 17.2. The second-order valence-electron chi connectivity index (χ2n) is 7.67. The quantitative estimate of drug-likeness (QED) is 0.569. The molecule has 31 heavy (non-hydrogen) atoms. The Morgan fingerprint density at radius 1 is 1.10 bits per heavy atom. The average molecular weight is 456 g/mol. The van der Waals surface area contributed by atoms with E-state index >= 15 is 0 Å². The van der Waals surface area contributed by atoms with Crippen LogP contribution in [0.4, 0.5) is 5.69 Å². The van der Waals surface area contributed by atoms with E-state index in [0.717, 1.165) is 30.8 Å². The van der Waals surface area contributed by atoms with Gasteiger partial charge in [-0.2, -0.15) is 0 Å². The Balaban J connectivity index is 1.35. The summed E-state index contributed by atoms with van der Waals surface area (Å²) in [6.07, 6.45) is 1.01. The molecule has 1 atom stereocenters. The predicted molar refractivity (Wildman–Crippen MR) is 124 cm³/mol. The third kappa shape index (κ3) is 5.15. The summed E-state index contributed by atoms with van der Waals surface area (Å²) in [6.45, 7) is 4.48. The largest absolute Gasteiger partial charge is 0.350 e. The van der Waals surface area contributed by atoms with E-state index in [1.165, 1.54) is 11.1 Å². The maximum absolute atomic E-state index is 12.7. The van der Waals surface area contributed by atoms with Crippen molar-refractivity contribution < 1.29 is 13.2 Å². The second kappa shape index (κ2) is 9.21. The van der Waals surface area contributed by atoms with Crippen LogP contribution in [0, 0.1) is 0 Å². The van der Waals surface area contributed by atoms with E-state index in [1.807, 2.05) is 0 Å². The van der Waals surface area contributed by atoms with Gasteiger partial charge in [0.1, 0.15) is 4.21 Å². The highest BCUT2D eigenvalue weighted by molar-refractivity contribution is 7.94. The zero-order chi connectivity index (χ0) is 21.8. The Hall–Kier alpha value is -2.68. The summed E-state index contributed by atoms with van der Waals surface area (Å²) in [5, 5.41) is 4.69. The van der Waals surface area contributed by atoms with Crippen LogP contribution in [0.1, 0.15) is 28.4 Å². The number of anilines is 1. The third-order valence-electron chi connectivity index (χ3n) is 5.48. The minimum absolute atomic E-state index is 0.192. The molecule has 2 aromatic carbocycles. The molecule has 8 heteroatoms. The smallest absolute Gasteiger partial charge is 0.271 e. The number of amides is 1. The van der Waals surface area contributed by atoms with E-state index < -0.39 is 10.0 Å². The first kappa shape index (κ1) is 21.5. The molecule has 0 spiro atoms. The molecule has 0 aliphatic carbocycles. The molecule has 0 radical (unpaired) electrons. The van der Waals surface area contributed by atoms with E-state index in [4.69, 9.17) is 0 Å². The molecular weight excluding hydrogens is 430 g/mol. The van der Waals surface area contributed by atoms with Crippen molar-refractivity contribution in [2.75, 3.05) is 17.8 Å². The molecule has 162 valence electrons. The number of nitrogens with zero attached hydrogens (tertiary/aromatic N) is 1. The van der Waals surface area contributed by atoms with E-state index in [0.29, 0.717) is 17.8 Å². The van der Waals surface area contributed by atoms with Gasteiger partial charge < -0.3 is 5.32 Å². The van der Waals surface area contributed by atoms with Crippen molar-refractivity contribution in [2.24, 2.45) is 0 Å². The highest BCUT2D eigenvalue weighted by Gasteiger charge is 2.21. The molecule has 0 fully saturated rings. The number of rotatable bonds is 7. The van der Waals surface area contributed by atoms with Gasteiger partial charge in [-0.3, -0.25) is 14.4 Å². The van der Waals surface area contributed by atoms with Crippen molar-refractivity contribution >= 4 is 33.0 Å². The lowest BCUT2D eigenvalue weighted by Crippen LogP contribution is -2.44. The topological polar surface area (TPSA) is 78.5 Å². The Bertz CT molecular complexity index is 1160. The van der Waals surface area contributed by atoms with Crippen LogP contribution in [-0.2, 0) is 23.0 Å². The van der Waals surface area contributed by atoms with Crippen molar-refractivity contribution in [2.45, 2.75) is 30.1 Å². The number of hydrogen-bond donors (Lipinski definition) is 2. The number of carbonyl (C=O) groups is 1. The maximum Gasteiger partial charge on any atom is 0.271 e. The maximum atomic E-state index is 12.7. The molecule has 2 N–H and O–H groups in total. The first-order chi connectivity index (χ1) is 14.9. The van der Waals surface area contributed by atoms with Gasteiger partial charge in [-0.15, -0.1) is 11.3 Å². The monoisotopic (exact) mass is 455 g/mol. The van der Waals surface area contributed by atoms with Gasteiger partial charge in [0.25, 0.3) is 15.9 Å².